The molecule has 1 aliphatic rings. The number of hydrogen-bond acceptors (Lipinski definition) is 3. The van der Waals surface area contributed by atoms with E-state index in [4.69, 9.17) is 10.2 Å². The topological polar surface area (TPSA) is 52.8 Å². The smallest absolute Gasteiger partial charge is 0.189 e. The van der Waals surface area contributed by atoms with Crippen molar-refractivity contribution in [2.24, 2.45) is 4.99 Å². The van der Waals surface area contributed by atoms with Crippen LogP contribution in [0.4, 0.5) is 0 Å². The Balaban J connectivity index is 2.65. The van der Waals surface area contributed by atoms with Crippen molar-refractivity contribution < 1.29 is 10.2 Å². The molecular formula is C5H7NO2. The average Bonchev–Trinajstić information content (AvgIpc) is 1.65. The van der Waals surface area contributed by atoms with E-state index in [0.717, 1.165) is 0 Å². The lowest BCUT2D eigenvalue weighted by molar-refractivity contribution is -0.111. The van der Waals surface area contributed by atoms with E-state index in [2.05, 4.69) is 4.99 Å². The highest BCUT2D eigenvalue weighted by Gasteiger charge is 2.18. The van der Waals surface area contributed by atoms with E-state index >= 15 is 0 Å². The van der Waals surface area contributed by atoms with Crippen LogP contribution in [-0.2, 0) is 0 Å². The maximum Gasteiger partial charge on any atom is 0.189 e. The molecule has 8 heavy (non-hydrogen) atoms. The Morgan fingerprint density at radius 2 is 2.25 bits per heavy atom. The van der Waals surface area contributed by atoms with Crippen LogP contribution in [0.3, 0.4) is 0 Å². The van der Waals surface area contributed by atoms with E-state index in [1.165, 1.54) is 18.5 Å². The molecule has 3 nitrogen and oxygen atoms in total. The van der Waals surface area contributed by atoms with E-state index in [-0.39, 0.29) is 6.42 Å². The van der Waals surface area contributed by atoms with Crippen molar-refractivity contribution in [1.29, 1.82) is 0 Å². The third-order valence-electron chi connectivity index (χ3n) is 0.925. The average molecular weight is 113 g/mol. The molecule has 0 fully saturated rings. The van der Waals surface area contributed by atoms with Crippen molar-refractivity contribution in [3.63, 3.8) is 0 Å². The third-order valence-corrected chi connectivity index (χ3v) is 0.925. The normalized spacial score (nSPS) is 23.8. The van der Waals surface area contributed by atoms with Gasteiger partial charge >= 0.3 is 0 Å². The number of nitrogens with zero attached hydrogens (tertiary/aromatic N) is 1. The molecular weight excluding hydrogens is 106 g/mol. The molecule has 0 radical (unpaired) electrons. The summed E-state index contributed by atoms with van der Waals surface area (Å²) in [5.41, 5.74) is 0. The van der Waals surface area contributed by atoms with Gasteiger partial charge in [-0.05, 0) is 6.08 Å². The van der Waals surface area contributed by atoms with E-state index in [1.807, 2.05) is 0 Å². The summed E-state index contributed by atoms with van der Waals surface area (Å²) in [4.78, 5) is 3.65. The maximum atomic E-state index is 8.75. The molecule has 0 unspecified atom stereocenters. The van der Waals surface area contributed by atoms with Crippen LogP contribution in [0.25, 0.3) is 0 Å². The molecule has 0 bridgehead atoms. The highest BCUT2D eigenvalue weighted by molar-refractivity contribution is 5.61. The minimum absolute atomic E-state index is 0.184. The largest absolute Gasteiger partial charge is 0.362 e. The zero-order valence-corrected chi connectivity index (χ0v) is 4.28. The second-order valence-corrected chi connectivity index (χ2v) is 1.73. The minimum atomic E-state index is -1.65. The van der Waals surface area contributed by atoms with Crippen LogP contribution < -0.4 is 0 Å². The summed E-state index contributed by atoms with van der Waals surface area (Å²) in [7, 11) is 0. The van der Waals surface area contributed by atoms with Gasteiger partial charge in [0.05, 0.1) is 0 Å². The summed E-state index contributed by atoms with van der Waals surface area (Å²) in [5, 5.41) is 17.5. The lowest BCUT2D eigenvalue weighted by atomic mass is 10.2. The molecule has 2 N–H and O–H groups in total. The van der Waals surface area contributed by atoms with Gasteiger partial charge in [-0.2, -0.15) is 0 Å². The van der Waals surface area contributed by atoms with Gasteiger partial charge in [0, 0.05) is 18.8 Å². The Morgan fingerprint density at radius 3 is 2.50 bits per heavy atom. The zero-order valence-electron chi connectivity index (χ0n) is 4.28. The molecule has 0 aromatic rings. The van der Waals surface area contributed by atoms with Crippen molar-refractivity contribution in [3.05, 3.63) is 12.3 Å². The van der Waals surface area contributed by atoms with E-state index < -0.39 is 5.79 Å². The highest BCUT2D eigenvalue weighted by Crippen LogP contribution is 2.08. The van der Waals surface area contributed by atoms with Crippen LogP contribution in [0.15, 0.2) is 17.3 Å². The van der Waals surface area contributed by atoms with Gasteiger partial charge in [-0.25, -0.2) is 0 Å². The fourth-order valence-electron chi connectivity index (χ4n) is 0.478. The molecule has 0 atom stereocenters. The van der Waals surface area contributed by atoms with Crippen LogP contribution in [0.1, 0.15) is 6.42 Å². The Hall–Kier alpha value is -0.670. The number of rotatable bonds is 0. The van der Waals surface area contributed by atoms with E-state index in [0.29, 0.717) is 0 Å². The van der Waals surface area contributed by atoms with Gasteiger partial charge in [0.2, 0.25) is 0 Å². The third kappa shape index (κ3) is 1.15. The highest BCUT2D eigenvalue weighted by atomic mass is 16.5. The van der Waals surface area contributed by atoms with Crippen molar-refractivity contribution in [1.82, 2.24) is 0 Å². The molecule has 3 heteroatoms. The number of aliphatic imine (C=N–C) groups is 1. The summed E-state index contributed by atoms with van der Waals surface area (Å²) >= 11 is 0. The summed E-state index contributed by atoms with van der Waals surface area (Å²) < 4.78 is 0. The summed E-state index contributed by atoms with van der Waals surface area (Å²) in [6.45, 7) is 0. The van der Waals surface area contributed by atoms with Crippen molar-refractivity contribution in [3.8, 4) is 0 Å². The molecule has 1 aliphatic heterocycles. The fraction of sp³-hybridized carbons (Fsp3) is 0.400. The molecule has 0 aliphatic carbocycles. The Kier molecular flexibility index (Phi) is 1.15. The fourth-order valence-corrected chi connectivity index (χ4v) is 0.478. The molecule has 44 valence electrons. The van der Waals surface area contributed by atoms with Gasteiger partial charge < -0.3 is 10.2 Å². The number of hydrogen-bond donors (Lipinski definition) is 2. The zero-order chi connectivity index (χ0) is 6.04. The van der Waals surface area contributed by atoms with Gasteiger partial charge in [-0.15, -0.1) is 0 Å². The van der Waals surface area contributed by atoms with Gasteiger partial charge in [-0.3, -0.25) is 4.99 Å². The second-order valence-electron chi connectivity index (χ2n) is 1.73. The first-order valence-electron chi connectivity index (χ1n) is 2.35. The van der Waals surface area contributed by atoms with Gasteiger partial charge in [0.15, 0.2) is 5.79 Å². The molecule has 0 saturated carbocycles. The predicted octanol–water partition coefficient (Wildman–Crippen LogP) is -0.345. The number of aliphatic hydroxyl groups is 2. The van der Waals surface area contributed by atoms with Gasteiger partial charge in [-0.1, -0.05) is 0 Å². The first-order chi connectivity index (χ1) is 3.71. The quantitative estimate of drug-likeness (QED) is 0.422. The van der Waals surface area contributed by atoms with Crippen LogP contribution in [0, 0.1) is 0 Å². The second kappa shape index (κ2) is 1.69. The van der Waals surface area contributed by atoms with E-state index in [9.17, 15) is 0 Å². The van der Waals surface area contributed by atoms with Crippen LogP contribution >= 0.6 is 0 Å². The van der Waals surface area contributed by atoms with Gasteiger partial charge in [0.1, 0.15) is 0 Å². The van der Waals surface area contributed by atoms with Crippen LogP contribution in [-0.4, -0.2) is 22.2 Å². The lowest BCUT2D eigenvalue weighted by Crippen LogP contribution is -2.26. The van der Waals surface area contributed by atoms with Crippen molar-refractivity contribution in [2.75, 3.05) is 0 Å². The predicted molar refractivity (Wildman–Crippen MR) is 29.4 cm³/mol. The molecule has 0 aromatic heterocycles. The Morgan fingerprint density at radius 1 is 1.50 bits per heavy atom. The van der Waals surface area contributed by atoms with E-state index in [1.54, 1.807) is 0 Å². The van der Waals surface area contributed by atoms with Gasteiger partial charge in [0.25, 0.3) is 0 Å². The molecule has 1 heterocycles. The first kappa shape index (κ1) is 5.47. The van der Waals surface area contributed by atoms with Crippen LogP contribution in [0.2, 0.25) is 0 Å². The summed E-state index contributed by atoms with van der Waals surface area (Å²) in [5.74, 6) is -1.65. The minimum Gasteiger partial charge on any atom is -0.362 e. The maximum absolute atomic E-state index is 8.75. The van der Waals surface area contributed by atoms with Crippen molar-refractivity contribution >= 4 is 6.21 Å². The standard InChI is InChI=1S/C5H7NO2/c7-5(8)1-3-6-4-2-5/h1,3-4,7-8H,2H2. The SMILES string of the molecule is OC1(O)C=CN=CC1. The lowest BCUT2D eigenvalue weighted by Gasteiger charge is -2.15. The van der Waals surface area contributed by atoms with Crippen LogP contribution in [0.5, 0.6) is 0 Å². The van der Waals surface area contributed by atoms with Crippen molar-refractivity contribution in [2.45, 2.75) is 12.2 Å². The Bertz CT molecular complexity index is 137. The first-order valence-corrected chi connectivity index (χ1v) is 2.35. The molecule has 0 aromatic carbocycles. The molecule has 1 rings (SSSR count). The summed E-state index contributed by atoms with van der Waals surface area (Å²) in [6, 6.07) is 0. The summed E-state index contributed by atoms with van der Waals surface area (Å²) in [6.07, 6.45) is 4.25. The molecule has 0 amide bonds. The monoisotopic (exact) mass is 113 g/mol. The molecule has 0 saturated heterocycles. The Labute approximate surface area is 47.0 Å². The molecule has 0 spiro atoms.